The Morgan fingerprint density at radius 3 is 1.07 bits per heavy atom. The van der Waals surface area contributed by atoms with E-state index in [9.17, 15) is 28.8 Å². The second kappa shape index (κ2) is 49.8. The lowest BCUT2D eigenvalue weighted by molar-refractivity contribution is -0.143. The third-order valence-corrected chi connectivity index (χ3v) is 15.1. The zero-order chi connectivity index (χ0) is 66.3. The van der Waals surface area contributed by atoms with Gasteiger partial charge in [-0.15, -0.1) is 0 Å². The number of rotatable bonds is 23. The van der Waals surface area contributed by atoms with E-state index < -0.39 is 40.9 Å². The number of carbonyl (C=O) groups excluding carboxylic acids is 4. The molecule has 0 aliphatic carbocycles. The zero-order valence-corrected chi connectivity index (χ0v) is 58.5. The molecule has 2 heterocycles. The number of aliphatic hydroxyl groups excluding tert-OH is 1. The average molecular weight is 1240 g/mol. The van der Waals surface area contributed by atoms with Crippen LogP contribution < -0.4 is 5.32 Å². The molecule has 2 aliphatic heterocycles. The highest BCUT2D eigenvalue weighted by Crippen LogP contribution is 2.22. The lowest BCUT2D eigenvalue weighted by Gasteiger charge is -2.35. The van der Waals surface area contributed by atoms with Gasteiger partial charge in [-0.3, -0.25) is 14.5 Å². The quantitative estimate of drug-likeness (QED) is 0.0697. The van der Waals surface area contributed by atoms with E-state index in [2.05, 4.69) is 87.6 Å². The van der Waals surface area contributed by atoms with Crippen molar-refractivity contribution >= 4 is 36.1 Å². The molecule has 2 fully saturated rings. The van der Waals surface area contributed by atoms with Gasteiger partial charge in [0.25, 0.3) is 0 Å². The predicted molar refractivity (Wildman–Crippen MR) is 356 cm³/mol. The van der Waals surface area contributed by atoms with Crippen LogP contribution in [-0.4, -0.2) is 260 Å². The van der Waals surface area contributed by atoms with E-state index in [1.807, 2.05) is 81.6 Å². The van der Waals surface area contributed by atoms with E-state index in [1.54, 1.807) is 44.5 Å². The summed E-state index contributed by atoms with van der Waals surface area (Å²) in [6.45, 7) is 41.3. The molecule has 1 unspecified atom stereocenters. The summed E-state index contributed by atoms with van der Waals surface area (Å²) in [5.74, 6) is -1.13. The van der Waals surface area contributed by atoms with Crippen LogP contribution in [0.3, 0.4) is 0 Å². The maximum Gasteiger partial charge on any atom is 0.410 e. The number of aliphatic hydroxyl groups is 1. The Balaban J connectivity index is -0.000000228. The largest absolute Gasteiger partial charge is 0.481 e. The molecule has 0 saturated carbocycles. The molecule has 0 aromatic heterocycles. The fraction of sp³-hybridized carbons (Fsp3) is 0.908. The number of amides is 4. The van der Waals surface area contributed by atoms with Gasteiger partial charge in [-0.1, -0.05) is 63.3 Å². The van der Waals surface area contributed by atoms with Gasteiger partial charge in [0.1, 0.15) is 22.8 Å². The number of carboxylic acids is 2. The third-order valence-electron chi connectivity index (χ3n) is 15.1. The van der Waals surface area contributed by atoms with E-state index in [1.165, 1.54) is 13.5 Å². The Bertz CT molecular complexity index is 1740. The minimum absolute atomic E-state index is 0. The number of piperidine rings is 2. The van der Waals surface area contributed by atoms with Gasteiger partial charge < -0.3 is 69.1 Å². The number of ether oxygens (including phenoxy) is 3. The number of nitrogens with one attached hydrogen (secondary N) is 1. The van der Waals surface area contributed by atoms with Crippen molar-refractivity contribution < 1.29 is 58.3 Å². The number of likely N-dealkylation sites (N-methyl/N-ethyl adjacent to an activating group) is 1. The van der Waals surface area contributed by atoms with Crippen molar-refractivity contribution in [2.24, 2.45) is 11.8 Å². The van der Waals surface area contributed by atoms with Gasteiger partial charge in [0.05, 0.1) is 5.92 Å². The van der Waals surface area contributed by atoms with E-state index in [0.29, 0.717) is 30.8 Å². The van der Waals surface area contributed by atoms with Gasteiger partial charge in [-0.2, -0.15) is 0 Å². The smallest absolute Gasteiger partial charge is 0.410 e. The van der Waals surface area contributed by atoms with Crippen LogP contribution in [0.1, 0.15) is 210 Å². The Kier molecular flexibility index (Phi) is 53.9. The van der Waals surface area contributed by atoms with Crippen molar-refractivity contribution in [1.82, 2.24) is 44.5 Å². The Labute approximate surface area is 527 Å². The minimum atomic E-state index is -1.02. The molecular weight excluding hydrogens is 1100 g/mol. The summed E-state index contributed by atoms with van der Waals surface area (Å²) in [5, 5.41) is 29.4. The SMILES string of the molecule is C.C.CCC(C)NC.CC[C@H](C(=O)O)N(C)C(=O)OC(C)(C)C.CC[C@H](CCN(C)CC)N(C)C(=O)C1CCN(C)CC1.CC[C@H](CCN(C)CC)N(C)C(=O)OC(C)(C)C.CC[C@H](CCO)N(C)C(=O)OC(C)(C)C.CN1CCC(C(=O)O)CC1. The summed E-state index contributed by atoms with van der Waals surface area (Å²) in [5.41, 5.74) is -1.51. The van der Waals surface area contributed by atoms with Crippen molar-refractivity contribution in [2.75, 3.05) is 122 Å². The van der Waals surface area contributed by atoms with Crippen molar-refractivity contribution in [3.8, 4) is 0 Å². The summed E-state index contributed by atoms with van der Waals surface area (Å²) in [7, 11) is 17.3. The summed E-state index contributed by atoms with van der Waals surface area (Å²) < 4.78 is 15.7. The van der Waals surface area contributed by atoms with Gasteiger partial charge >= 0.3 is 30.2 Å². The van der Waals surface area contributed by atoms with Crippen LogP contribution in [0.25, 0.3) is 0 Å². The number of hydrogen-bond donors (Lipinski definition) is 4. The molecule has 2 rings (SSSR count). The maximum atomic E-state index is 12.6. The lowest BCUT2D eigenvalue weighted by atomic mass is 9.94. The standard InChI is InChI=1S/C16H33N3O.C14H30N2O2.C11H23NO3.C10H19NO4.C7H13NO2.C5H13N.2CH4/c1-6-15(10-13-17(3)7-2)19(5)16(20)14-8-11-18(4)12-9-14;1-8-12(10-11-15(6)9-2)16(7)13(17)18-14(3,4)5;1-6-9(7-8-13)12(5)10(14)15-11(2,3)4;1-6-7(8(12)13)11(5)9(14)15-10(2,3)4;1-8-4-2-6(3-5-8)7(9)10;1-4-5(2)6-3;;/h14-15H,6-13H2,1-5H3;12H,8-11H2,1-7H3;9,13H,6-8H2,1-5H3;7H,6H2,1-5H3,(H,12,13);6H,2-5H2,1H3,(H,9,10);5-6H,4H2,1-3H3;2*1H4/t15-;12-;9-;7-;;;;/m1111..../s1. The first-order valence-electron chi connectivity index (χ1n) is 31.3. The molecule has 0 aromatic rings. The molecule has 2 saturated heterocycles. The Morgan fingerprint density at radius 1 is 0.512 bits per heavy atom. The van der Waals surface area contributed by atoms with E-state index in [-0.39, 0.29) is 57.6 Å². The molecule has 0 aromatic carbocycles. The summed E-state index contributed by atoms with van der Waals surface area (Å²) in [6, 6.07) is 0.528. The monoisotopic (exact) mass is 1240 g/mol. The van der Waals surface area contributed by atoms with Gasteiger partial charge in [0.15, 0.2) is 0 Å². The molecule has 516 valence electrons. The number of aliphatic carboxylic acids is 2. The number of nitrogens with zero attached hydrogens (tertiary/aromatic N) is 8. The van der Waals surface area contributed by atoms with Crippen LogP contribution in [0.2, 0.25) is 0 Å². The number of hydrogen-bond acceptors (Lipinski definition) is 15. The van der Waals surface area contributed by atoms with Gasteiger partial charge in [-0.25, -0.2) is 19.2 Å². The topological polar surface area (TPSA) is 229 Å². The van der Waals surface area contributed by atoms with Gasteiger partial charge in [-0.05, 0) is 234 Å². The number of carbonyl (C=O) groups is 6. The Morgan fingerprint density at radius 2 is 0.826 bits per heavy atom. The highest BCUT2D eigenvalue weighted by molar-refractivity contribution is 5.80. The van der Waals surface area contributed by atoms with Gasteiger partial charge in [0.2, 0.25) is 5.91 Å². The van der Waals surface area contributed by atoms with Crippen molar-refractivity contribution in [2.45, 2.75) is 257 Å². The molecular formula is C65H139N9O12. The summed E-state index contributed by atoms with van der Waals surface area (Å²) in [6.07, 6.45) is 9.53. The fourth-order valence-electron chi connectivity index (χ4n) is 8.44. The predicted octanol–water partition coefficient (Wildman–Crippen LogP) is 11.3. The van der Waals surface area contributed by atoms with Crippen LogP contribution in [0.4, 0.5) is 14.4 Å². The van der Waals surface area contributed by atoms with E-state index in [0.717, 1.165) is 115 Å². The second-order valence-electron chi connectivity index (χ2n) is 25.6. The normalized spacial score (nSPS) is 15.6. The first-order chi connectivity index (χ1) is 38.7. The molecule has 0 bridgehead atoms. The molecule has 21 nitrogen and oxygen atoms in total. The van der Waals surface area contributed by atoms with Crippen LogP contribution >= 0.6 is 0 Å². The van der Waals surface area contributed by atoms with Crippen LogP contribution in [-0.2, 0) is 28.6 Å². The zero-order valence-electron chi connectivity index (χ0n) is 58.5. The Hall–Kier alpha value is -4.02. The van der Waals surface area contributed by atoms with Crippen LogP contribution in [0, 0.1) is 11.8 Å². The molecule has 21 heteroatoms. The summed E-state index contributed by atoms with van der Waals surface area (Å²) in [4.78, 5) is 84.4. The van der Waals surface area contributed by atoms with Crippen LogP contribution in [0.5, 0.6) is 0 Å². The van der Waals surface area contributed by atoms with E-state index >= 15 is 0 Å². The first-order valence-corrected chi connectivity index (χ1v) is 31.3. The fourth-order valence-corrected chi connectivity index (χ4v) is 8.44. The number of carboxylic acid groups (broad SMARTS) is 2. The molecule has 4 N–H and O–H groups in total. The van der Waals surface area contributed by atoms with E-state index in [4.69, 9.17) is 29.5 Å². The first kappa shape index (κ1) is 93.1. The molecule has 2 aliphatic rings. The van der Waals surface area contributed by atoms with Gasteiger partial charge in [0, 0.05) is 64.9 Å². The molecule has 5 atom stereocenters. The second-order valence-corrected chi connectivity index (χ2v) is 25.6. The molecule has 0 radical (unpaired) electrons. The minimum Gasteiger partial charge on any atom is -0.481 e. The molecule has 0 spiro atoms. The maximum absolute atomic E-state index is 12.6. The molecule has 86 heavy (non-hydrogen) atoms. The third kappa shape index (κ3) is 46.1. The summed E-state index contributed by atoms with van der Waals surface area (Å²) >= 11 is 0. The number of likely N-dealkylation sites (tertiary alicyclic amines) is 2. The highest BCUT2D eigenvalue weighted by Gasteiger charge is 2.31. The highest BCUT2D eigenvalue weighted by atomic mass is 16.6. The van der Waals surface area contributed by atoms with Crippen molar-refractivity contribution in [1.29, 1.82) is 0 Å². The molecule has 4 amide bonds. The van der Waals surface area contributed by atoms with Crippen LogP contribution in [0.15, 0.2) is 0 Å². The van der Waals surface area contributed by atoms with Crippen molar-refractivity contribution in [3.63, 3.8) is 0 Å². The average Bonchev–Trinajstić information content (AvgIpc) is 3.51. The van der Waals surface area contributed by atoms with Crippen molar-refractivity contribution in [3.05, 3.63) is 0 Å². The lowest BCUT2D eigenvalue weighted by Crippen LogP contribution is -2.44.